The van der Waals surface area contributed by atoms with Crippen molar-refractivity contribution in [2.24, 2.45) is 16.7 Å². The number of allylic oxidation sites excluding steroid dienone is 17. The third-order valence-electron chi connectivity index (χ3n) is 9.18. The molecule has 0 heterocycles. The number of hydrogen-bond acceptors (Lipinski definition) is 4. The summed E-state index contributed by atoms with van der Waals surface area (Å²) in [6.07, 6.45) is 29.7. The second kappa shape index (κ2) is 18.3. The van der Waals surface area contributed by atoms with Crippen LogP contribution in [0.2, 0.25) is 0 Å². The molecule has 0 saturated heterocycles. The van der Waals surface area contributed by atoms with Gasteiger partial charge in [0.25, 0.3) is 0 Å². The van der Waals surface area contributed by atoms with Crippen molar-refractivity contribution in [3.05, 3.63) is 118 Å². The third kappa shape index (κ3) is 12.6. The van der Waals surface area contributed by atoms with Crippen molar-refractivity contribution in [2.75, 3.05) is 20.8 Å². The molecule has 0 fully saturated rings. The summed E-state index contributed by atoms with van der Waals surface area (Å²) < 4.78 is 10.9. The molecule has 4 nitrogen and oxygen atoms in total. The number of ether oxygens (including phenoxy) is 2. The molecule has 2 aliphatic carbocycles. The molecule has 0 aromatic heterocycles. The quantitative estimate of drug-likeness (QED) is 0.118. The first-order valence-corrected chi connectivity index (χ1v) is 16.6. The molecular formula is C42H60O4. The number of aliphatic hydroxyl groups is 1. The Morgan fingerprint density at radius 1 is 0.870 bits per heavy atom. The van der Waals surface area contributed by atoms with Gasteiger partial charge in [0.15, 0.2) is 5.78 Å². The summed E-state index contributed by atoms with van der Waals surface area (Å²) in [7, 11) is 3.40. The molecule has 252 valence electrons. The normalized spacial score (nSPS) is 25.0. The maximum absolute atomic E-state index is 13.2. The SMILES string of the molecule is COC/C(=C/C=C/C(C)=C\C=C\C=C(C)/C=C/C=C(C)\C=C\C1C(C)=CC(OC)CC1(C)C)C(=O)CC1=C(C)CC(O)CC1(C)C. The van der Waals surface area contributed by atoms with Gasteiger partial charge in [0.05, 0.1) is 18.8 Å². The van der Waals surface area contributed by atoms with E-state index < -0.39 is 0 Å². The maximum Gasteiger partial charge on any atom is 0.165 e. The van der Waals surface area contributed by atoms with Gasteiger partial charge >= 0.3 is 0 Å². The van der Waals surface area contributed by atoms with Crippen molar-refractivity contribution in [3.8, 4) is 0 Å². The smallest absolute Gasteiger partial charge is 0.165 e. The molecule has 0 radical (unpaired) electrons. The summed E-state index contributed by atoms with van der Waals surface area (Å²) >= 11 is 0. The van der Waals surface area contributed by atoms with Crippen molar-refractivity contribution in [1.29, 1.82) is 0 Å². The van der Waals surface area contributed by atoms with E-state index in [9.17, 15) is 9.90 Å². The van der Waals surface area contributed by atoms with Crippen LogP contribution in [0.1, 0.15) is 88.0 Å². The highest BCUT2D eigenvalue weighted by atomic mass is 16.5. The van der Waals surface area contributed by atoms with Crippen molar-refractivity contribution < 1.29 is 19.4 Å². The van der Waals surface area contributed by atoms with E-state index >= 15 is 0 Å². The average Bonchev–Trinajstić information content (AvgIpc) is 2.95. The summed E-state index contributed by atoms with van der Waals surface area (Å²) in [5, 5.41) is 10.2. The summed E-state index contributed by atoms with van der Waals surface area (Å²) in [5.74, 6) is 0.482. The van der Waals surface area contributed by atoms with Crippen molar-refractivity contribution in [3.63, 3.8) is 0 Å². The van der Waals surface area contributed by atoms with Crippen molar-refractivity contribution >= 4 is 5.78 Å². The molecule has 3 unspecified atom stereocenters. The van der Waals surface area contributed by atoms with E-state index in [1.807, 2.05) is 50.3 Å². The van der Waals surface area contributed by atoms with Crippen LogP contribution in [0, 0.1) is 16.7 Å². The molecule has 0 aromatic rings. The largest absolute Gasteiger partial charge is 0.393 e. The number of rotatable bonds is 14. The number of carbonyl (C=O) groups is 1. The first-order valence-electron chi connectivity index (χ1n) is 16.6. The molecule has 1 N–H and O–H groups in total. The van der Waals surface area contributed by atoms with E-state index in [0.29, 0.717) is 30.8 Å². The highest BCUT2D eigenvalue weighted by Gasteiger charge is 2.35. The highest BCUT2D eigenvalue weighted by molar-refractivity contribution is 5.97. The zero-order valence-corrected chi connectivity index (χ0v) is 30.4. The summed E-state index contributed by atoms with van der Waals surface area (Å²) in [5.41, 5.74) is 7.73. The van der Waals surface area contributed by atoms with Crippen LogP contribution in [-0.4, -0.2) is 43.9 Å². The molecule has 0 aromatic carbocycles. The van der Waals surface area contributed by atoms with Gasteiger partial charge in [-0.25, -0.2) is 0 Å². The van der Waals surface area contributed by atoms with Gasteiger partial charge in [0.2, 0.25) is 0 Å². The van der Waals surface area contributed by atoms with Gasteiger partial charge in [-0.1, -0.05) is 140 Å². The Morgan fingerprint density at radius 2 is 1.43 bits per heavy atom. The number of methoxy groups -OCH3 is 2. The minimum absolute atomic E-state index is 0.0719. The lowest BCUT2D eigenvalue weighted by atomic mass is 9.67. The molecule has 46 heavy (non-hydrogen) atoms. The van der Waals surface area contributed by atoms with Crippen LogP contribution >= 0.6 is 0 Å². The van der Waals surface area contributed by atoms with Crippen LogP contribution in [0.4, 0.5) is 0 Å². The zero-order chi connectivity index (χ0) is 34.5. The van der Waals surface area contributed by atoms with E-state index in [1.54, 1.807) is 14.2 Å². The van der Waals surface area contributed by atoms with Crippen LogP contribution in [0.15, 0.2) is 118 Å². The molecule has 2 aliphatic rings. The summed E-state index contributed by atoms with van der Waals surface area (Å²) in [6.45, 7) is 19.7. The number of hydrogen-bond donors (Lipinski definition) is 1. The Morgan fingerprint density at radius 3 is 1.98 bits per heavy atom. The lowest BCUT2D eigenvalue weighted by Gasteiger charge is -2.39. The van der Waals surface area contributed by atoms with Gasteiger partial charge in [-0.2, -0.15) is 0 Å². The Balaban J connectivity index is 1.97. The number of ketones is 1. The number of carbonyl (C=O) groups excluding carboxylic acids is 1. The Hall–Kier alpha value is -3.05. The van der Waals surface area contributed by atoms with Gasteiger partial charge in [-0.3, -0.25) is 4.79 Å². The predicted molar refractivity (Wildman–Crippen MR) is 196 cm³/mol. The van der Waals surface area contributed by atoms with Gasteiger partial charge < -0.3 is 14.6 Å². The highest BCUT2D eigenvalue weighted by Crippen LogP contribution is 2.43. The monoisotopic (exact) mass is 628 g/mol. The zero-order valence-electron chi connectivity index (χ0n) is 30.4. The molecule has 0 spiro atoms. The second-order valence-electron chi connectivity index (χ2n) is 14.5. The fourth-order valence-corrected chi connectivity index (χ4v) is 6.66. The molecule has 3 atom stereocenters. The van der Waals surface area contributed by atoms with E-state index in [4.69, 9.17) is 9.47 Å². The fraction of sp³-hybridized carbons (Fsp3) is 0.500. The topological polar surface area (TPSA) is 55.8 Å². The molecule has 4 heteroatoms. The lowest BCUT2D eigenvalue weighted by Crippen LogP contribution is -2.33. The van der Waals surface area contributed by atoms with Gasteiger partial charge in [0.1, 0.15) is 0 Å². The van der Waals surface area contributed by atoms with Crippen LogP contribution in [0.25, 0.3) is 0 Å². The average molecular weight is 629 g/mol. The van der Waals surface area contributed by atoms with Crippen LogP contribution < -0.4 is 0 Å². The molecular weight excluding hydrogens is 568 g/mol. The number of aliphatic hydroxyl groups excluding tert-OH is 1. The Kier molecular flexibility index (Phi) is 15.6. The van der Waals surface area contributed by atoms with Crippen molar-refractivity contribution in [2.45, 2.75) is 100 Å². The minimum Gasteiger partial charge on any atom is -0.393 e. The minimum atomic E-state index is -0.336. The van der Waals surface area contributed by atoms with E-state index in [-0.39, 0.29) is 35.4 Å². The molecule has 0 bridgehead atoms. The Bertz CT molecular complexity index is 1360. The van der Waals surface area contributed by atoms with Gasteiger partial charge in [-0.15, -0.1) is 0 Å². The van der Waals surface area contributed by atoms with Crippen molar-refractivity contribution in [1.82, 2.24) is 0 Å². The van der Waals surface area contributed by atoms with Gasteiger partial charge in [0, 0.05) is 32.1 Å². The standard InChI is InChI=1S/C42H60O4/c1-30(18-14-19-32(3)22-23-38-34(5)25-37(46-11)28-42(38,8)9)16-12-13-17-31(2)20-15-21-35(29-45-10)40(44)26-39-33(4)24-36(43)27-41(39,6)7/h12-23,25,36-38,43H,24,26-29H2,1-11H3/b13-12+,18-14+,20-15+,23-22+,30-16-,31-17-,32-19-,35-21-. The van der Waals surface area contributed by atoms with E-state index in [0.717, 1.165) is 28.7 Å². The van der Waals surface area contributed by atoms with Crippen LogP contribution in [-0.2, 0) is 14.3 Å². The fourth-order valence-electron chi connectivity index (χ4n) is 6.66. The molecule has 0 amide bonds. The predicted octanol–water partition coefficient (Wildman–Crippen LogP) is 10.1. The van der Waals surface area contributed by atoms with Crippen LogP contribution in [0.3, 0.4) is 0 Å². The summed E-state index contributed by atoms with van der Waals surface area (Å²) in [4.78, 5) is 13.2. The first kappa shape index (κ1) is 39.1. The third-order valence-corrected chi connectivity index (χ3v) is 9.18. The summed E-state index contributed by atoms with van der Waals surface area (Å²) in [6, 6.07) is 0. The second-order valence-corrected chi connectivity index (χ2v) is 14.5. The van der Waals surface area contributed by atoms with E-state index in [1.165, 1.54) is 11.1 Å². The molecule has 0 saturated carbocycles. The first-order chi connectivity index (χ1) is 21.6. The Labute approximate surface area is 280 Å². The van der Waals surface area contributed by atoms with E-state index in [2.05, 4.69) is 91.0 Å². The number of Topliss-reactive ketones (excluding diaryl/α,β-unsaturated/α-hetero) is 1. The van der Waals surface area contributed by atoms with Crippen LogP contribution in [0.5, 0.6) is 0 Å². The molecule has 2 rings (SSSR count). The lowest BCUT2D eigenvalue weighted by molar-refractivity contribution is -0.115. The maximum atomic E-state index is 13.2. The molecule has 0 aliphatic heterocycles. The van der Waals surface area contributed by atoms with Gasteiger partial charge in [-0.05, 0) is 64.7 Å².